The SMILES string of the molecule is CC(=O)c1ccc(OCC(=O)NC(N)=O)c(C)c1. The molecule has 0 heterocycles. The fourth-order valence-corrected chi connectivity index (χ4v) is 1.35. The van der Waals surface area contributed by atoms with E-state index >= 15 is 0 Å². The molecule has 1 aromatic rings. The molecular weight excluding hydrogens is 236 g/mol. The van der Waals surface area contributed by atoms with E-state index in [9.17, 15) is 14.4 Å². The summed E-state index contributed by atoms with van der Waals surface area (Å²) in [6.45, 7) is 2.91. The van der Waals surface area contributed by atoms with Crippen LogP contribution in [-0.2, 0) is 4.79 Å². The van der Waals surface area contributed by atoms with Gasteiger partial charge in [-0.05, 0) is 37.6 Å². The minimum atomic E-state index is -0.924. The lowest BCUT2D eigenvalue weighted by atomic mass is 10.1. The molecule has 0 fully saturated rings. The molecule has 0 saturated heterocycles. The van der Waals surface area contributed by atoms with Gasteiger partial charge in [0.05, 0.1) is 0 Å². The number of aryl methyl sites for hydroxylation is 1. The van der Waals surface area contributed by atoms with E-state index in [0.717, 1.165) is 5.56 Å². The summed E-state index contributed by atoms with van der Waals surface area (Å²) in [5.74, 6) is -0.201. The number of hydrogen-bond acceptors (Lipinski definition) is 4. The monoisotopic (exact) mass is 250 g/mol. The number of nitrogens with one attached hydrogen (secondary N) is 1. The molecule has 0 spiro atoms. The van der Waals surface area contributed by atoms with Gasteiger partial charge in [0.2, 0.25) is 0 Å². The maximum absolute atomic E-state index is 11.1. The van der Waals surface area contributed by atoms with Crippen molar-refractivity contribution in [3.8, 4) is 5.75 Å². The first-order chi connectivity index (χ1) is 8.40. The molecule has 0 unspecified atom stereocenters. The van der Waals surface area contributed by atoms with Crippen molar-refractivity contribution in [2.24, 2.45) is 5.73 Å². The fourth-order valence-electron chi connectivity index (χ4n) is 1.35. The van der Waals surface area contributed by atoms with Crippen LogP contribution in [0.2, 0.25) is 0 Å². The molecule has 3 N–H and O–H groups in total. The summed E-state index contributed by atoms with van der Waals surface area (Å²) in [6, 6.07) is 3.96. The van der Waals surface area contributed by atoms with Crippen LogP contribution >= 0.6 is 0 Å². The average molecular weight is 250 g/mol. The van der Waals surface area contributed by atoms with E-state index in [-0.39, 0.29) is 12.4 Å². The van der Waals surface area contributed by atoms with Crippen molar-refractivity contribution in [3.63, 3.8) is 0 Å². The number of urea groups is 1. The fraction of sp³-hybridized carbons (Fsp3) is 0.250. The Labute approximate surface area is 104 Å². The van der Waals surface area contributed by atoms with Crippen LogP contribution in [0.25, 0.3) is 0 Å². The summed E-state index contributed by atoms with van der Waals surface area (Å²) in [5, 5.41) is 1.88. The van der Waals surface area contributed by atoms with E-state index in [2.05, 4.69) is 0 Å². The molecular formula is C12H14N2O4. The lowest BCUT2D eigenvalue weighted by Crippen LogP contribution is -2.38. The van der Waals surface area contributed by atoms with Crippen LogP contribution in [0.5, 0.6) is 5.75 Å². The molecule has 3 amide bonds. The van der Waals surface area contributed by atoms with Crippen LogP contribution in [0.3, 0.4) is 0 Å². The molecule has 0 bridgehead atoms. The molecule has 6 heteroatoms. The van der Waals surface area contributed by atoms with Crippen molar-refractivity contribution < 1.29 is 19.1 Å². The third-order valence-electron chi connectivity index (χ3n) is 2.20. The molecule has 18 heavy (non-hydrogen) atoms. The number of ether oxygens (including phenoxy) is 1. The van der Waals surface area contributed by atoms with Gasteiger partial charge in [0, 0.05) is 5.56 Å². The van der Waals surface area contributed by atoms with Gasteiger partial charge in [-0.25, -0.2) is 4.79 Å². The lowest BCUT2D eigenvalue weighted by Gasteiger charge is -2.09. The first kappa shape index (κ1) is 13.7. The lowest BCUT2D eigenvalue weighted by molar-refractivity contribution is -0.121. The predicted octanol–water partition coefficient (Wildman–Crippen LogP) is 0.771. The van der Waals surface area contributed by atoms with Gasteiger partial charge in [-0.3, -0.25) is 14.9 Å². The third-order valence-corrected chi connectivity index (χ3v) is 2.20. The minimum Gasteiger partial charge on any atom is -0.483 e. The van der Waals surface area contributed by atoms with Gasteiger partial charge < -0.3 is 10.5 Å². The minimum absolute atomic E-state index is 0.0453. The van der Waals surface area contributed by atoms with Crippen LogP contribution in [0, 0.1) is 6.92 Å². The van der Waals surface area contributed by atoms with Crippen LogP contribution in [0.1, 0.15) is 22.8 Å². The maximum Gasteiger partial charge on any atom is 0.318 e. The zero-order chi connectivity index (χ0) is 13.7. The quantitative estimate of drug-likeness (QED) is 0.771. The first-order valence-corrected chi connectivity index (χ1v) is 5.24. The van der Waals surface area contributed by atoms with Gasteiger partial charge in [0.15, 0.2) is 12.4 Å². The Morgan fingerprint density at radius 3 is 2.50 bits per heavy atom. The summed E-state index contributed by atoms with van der Waals surface area (Å²) >= 11 is 0. The van der Waals surface area contributed by atoms with Crippen LogP contribution in [0.4, 0.5) is 4.79 Å². The Hall–Kier alpha value is -2.37. The zero-order valence-corrected chi connectivity index (χ0v) is 10.1. The first-order valence-electron chi connectivity index (χ1n) is 5.24. The van der Waals surface area contributed by atoms with E-state index < -0.39 is 11.9 Å². The van der Waals surface area contributed by atoms with Crippen LogP contribution < -0.4 is 15.8 Å². The summed E-state index contributed by atoms with van der Waals surface area (Å²) in [4.78, 5) is 32.7. The molecule has 6 nitrogen and oxygen atoms in total. The topological polar surface area (TPSA) is 98.5 Å². The number of hydrogen-bond donors (Lipinski definition) is 2. The summed E-state index contributed by atoms with van der Waals surface area (Å²) < 4.78 is 5.20. The van der Waals surface area contributed by atoms with Crippen molar-refractivity contribution in [1.82, 2.24) is 5.32 Å². The number of ketones is 1. The smallest absolute Gasteiger partial charge is 0.318 e. The molecule has 1 aromatic carbocycles. The van der Waals surface area contributed by atoms with E-state index in [1.165, 1.54) is 6.92 Å². The highest BCUT2D eigenvalue weighted by molar-refractivity contribution is 5.95. The third kappa shape index (κ3) is 3.89. The van der Waals surface area contributed by atoms with Crippen molar-refractivity contribution in [2.45, 2.75) is 13.8 Å². The van der Waals surface area contributed by atoms with Crippen molar-refractivity contribution >= 4 is 17.7 Å². The van der Waals surface area contributed by atoms with Gasteiger partial charge >= 0.3 is 6.03 Å². The second-order valence-corrected chi connectivity index (χ2v) is 3.74. The van der Waals surface area contributed by atoms with Gasteiger partial charge in [0.25, 0.3) is 5.91 Å². The van der Waals surface area contributed by atoms with Gasteiger partial charge in [-0.1, -0.05) is 0 Å². The molecule has 0 aromatic heterocycles. The molecule has 0 radical (unpaired) electrons. The van der Waals surface area contributed by atoms with Crippen molar-refractivity contribution in [3.05, 3.63) is 29.3 Å². The summed E-state index contributed by atoms with van der Waals surface area (Å²) in [7, 11) is 0. The number of imide groups is 1. The molecule has 0 saturated carbocycles. The van der Waals surface area contributed by atoms with Gasteiger partial charge in [-0.15, -0.1) is 0 Å². The molecule has 96 valence electrons. The number of rotatable bonds is 4. The number of carbonyl (C=O) groups excluding carboxylic acids is 3. The van der Waals surface area contributed by atoms with E-state index in [0.29, 0.717) is 11.3 Å². The normalized spacial score (nSPS) is 9.67. The Kier molecular flexibility index (Phi) is 4.42. The Morgan fingerprint density at radius 2 is 2.00 bits per heavy atom. The summed E-state index contributed by atoms with van der Waals surface area (Å²) in [6.07, 6.45) is 0. The Balaban J connectivity index is 2.66. The van der Waals surface area contributed by atoms with E-state index in [1.807, 2.05) is 5.32 Å². The Morgan fingerprint density at radius 1 is 1.33 bits per heavy atom. The highest BCUT2D eigenvalue weighted by atomic mass is 16.5. The van der Waals surface area contributed by atoms with E-state index in [1.54, 1.807) is 25.1 Å². The predicted molar refractivity (Wildman–Crippen MR) is 64.4 cm³/mol. The Bertz CT molecular complexity index is 497. The number of nitrogens with two attached hydrogens (primary N) is 1. The van der Waals surface area contributed by atoms with E-state index in [4.69, 9.17) is 10.5 Å². The van der Waals surface area contributed by atoms with Crippen LogP contribution in [-0.4, -0.2) is 24.3 Å². The molecule has 0 atom stereocenters. The number of Topliss-reactive ketones (excluding diaryl/α,β-unsaturated/α-hetero) is 1. The van der Waals surface area contributed by atoms with Crippen LogP contribution in [0.15, 0.2) is 18.2 Å². The summed E-state index contributed by atoms with van der Waals surface area (Å²) in [5.41, 5.74) is 6.08. The number of amides is 3. The number of benzene rings is 1. The second kappa shape index (κ2) is 5.81. The average Bonchev–Trinajstić information content (AvgIpc) is 2.26. The maximum atomic E-state index is 11.1. The molecule has 1 rings (SSSR count). The second-order valence-electron chi connectivity index (χ2n) is 3.74. The van der Waals surface area contributed by atoms with Gasteiger partial charge in [-0.2, -0.15) is 0 Å². The van der Waals surface area contributed by atoms with Crippen molar-refractivity contribution in [1.29, 1.82) is 0 Å². The largest absolute Gasteiger partial charge is 0.483 e. The molecule has 0 aliphatic rings. The number of carbonyl (C=O) groups is 3. The molecule has 0 aliphatic heterocycles. The highest BCUT2D eigenvalue weighted by Gasteiger charge is 2.08. The standard InChI is InChI=1S/C12H14N2O4/c1-7-5-9(8(2)15)3-4-10(7)18-6-11(16)14-12(13)17/h3-5H,6H2,1-2H3,(H3,13,14,16,17). The molecule has 0 aliphatic carbocycles. The number of primary amides is 1. The van der Waals surface area contributed by atoms with Crippen molar-refractivity contribution in [2.75, 3.05) is 6.61 Å². The highest BCUT2D eigenvalue weighted by Crippen LogP contribution is 2.19. The zero-order valence-electron chi connectivity index (χ0n) is 10.1. The van der Waals surface area contributed by atoms with Gasteiger partial charge in [0.1, 0.15) is 5.75 Å².